The summed E-state index contributed by atoms with van der Waals surface area (Å²) in [6.45, 7) is 0. The predicted molar refractivity (Wildman–Crippen MR) is 66.3 cm³/mol. The molecule has 3 nitrogen and oxygen atoms in total. The molecule has 1 aliphatic carbocycles. The topological polar surface area (TPSA) is 29.9 Å². The van der Waals surface area contributed by atoms with Gasteiger partial charge in [-0.05, 0) is 38.3 Å². The van der Waals surface area contributed by atoms with Crippen LogP contribution >= 0.6 is 0 Å². The highest BCUT2D eigenvalue weighted by molar-refractivity contribution is 5.00. The fourth-order valence-electron chi connectivity index (χ4n) is 2.48. The van der Waals surface area contributed by atoms with Gasteiger partial charge < -0.3 is 5.32 Å². The van der Waals surface area contributed by atoms with Crippen LogP contribution in [0.1, 0.15) is 37.8 Å². The van der Waals surface area contributed by atoms with E-state index < -0.39 is 0 Å². The molecule has 1 unspecified atom stereocenters. The summed E-state index contributed by atoms with van der Waals surface area (Å²) in [6, 6.07) is 2.80. The number of aryl methyl sites for hydroxylation is 2. The van der Waals surface area contributed by atoms with Crippen LogP contribution in [0.4, 0.5) is 0 Å². The number of nitrogens with one attached hydrogen (secondary N) is 1. The third-order valence-electron chi connectivity index (χ3n) is 3.92. The summed E-state index contributed by atoms with van der Waals surface area (Å²) < 4.78 is 1.98. The van der Waals surface area contributed by atoms with Crippen LogP contribution in [0.5, 0.6) is 0 Å². The van der Waals surface area contributed by atoms with Crippen molar-refractivity contribution in [2.45, 2.75) is 44.6 Å². The van der Waals surface area contributed by atoms with Gasteiger partial charge in [-0.15, -0.1) is 0 Å². The Kier molecular flexibility index (Phi) is 3.99. The fraction of sp³-hybridized carbons (Fsp3) is 0.769. The zero-order chi connectivity index (χ0) is 11.4. The molecular weight excluding hydrogens is 198 g/mol. The lowest BCUT2D eigenvalue weighted by atomic mass is 9.80. The molecule has 0 saturated heterocycles. The Morgan fingerprint density at radius 2 is 2.38 bits per heavy atom. The van der Waals surface area contributed by atoms with E-state index in [1.807, 2.05) is 17.9 Å². The number of rotatable bonds is 6. The highest BCUT2D eigenvalue weighted by Crippen LogP contribution is 2.31. The van der Waals surface area contributed by atoms with Gasteiger partial charge in [0.05, 0.1) is 0 Å². The summed E-state index contributed by atoms with van der Waals surface area (Å²) in [7, 11) is 4.11. The van der Waals surface area contributed by atoms with E-state index in [0.29, 0.717) is 6.04 Å². The van der Waals surface area contributed by atoms with Crippen molar-refractivity contribution in [2.75, 3.05) is 7.05 Å². The van der Waals surface area contributed by atoms with Crippen molar-refractivity contribution in [1.82, 2.24) is 15.1 Å². The first kappa shape index (κ1) is 11.6. The van der Waals surface area contributed by atoms with Crippen LogP contribution in [0.2, 0.25) is 0 Å². The number of aromatic nitrogens is 2. The first-order valence-corrected chi connectivity index (χ1v) is 6.43. The van der Waals surface area contributed by atoms with Gasteiger partial charge in [-0.1, -0.05) is 19.3 Å². The summed E-state index contributed by atoms with van der Waals surface area (Å²) in [4.78, 5) is 0. The summed E-state index contributed by atoms with van der Waals surface area (Å²) in [5.41, 5.74) is 1.34. The van der Waals surface area contributed by atoms with Gasteiger partial charge in [0.25, 0.3) is 0 Å². The Balaban J connectivity index is 1.76. The molecule has 0 bridgehead atoms. The lowest BCUT2D eigenvalue weighted by molar-refractivity contribution is 0.259. The standard InChI is InChI=1S/C13H23N3/c1-14-12(10-11-4-3-5-11)6-7-13-8-9-15-16(13)2/h8-9,11-12,14H,3-7,10H2,1-2H3. The Labute approximate surface area is 98.2 Å². The molecule has 2 rings (SSSR count). The molecule has 90 valence electrons. The van der Waals surface area contributed by atoms with Crippen LogP contribution in [-0.4, -0.2) is 22.9 Å². The van der Waals surface area contributed by atoms with Crippen LogP contribution in [0.15, 0.2) is 12.3 Å². The van der Waals surface area contributed by atoms with Crippen molar-refractivity contribution in [3.63, 3.8) is 0 Å². The first-order chi connectivity index (χ1) is 7.79. The van der Waals surface area contributed by atoms with Crippen molar-refractivity contribution in [3.8, 4) is 0 Å². The Bertz CT molecular complexity index is 315. The van der Waals surface area contributed by atoms with Gasteiger partial charge in [0.1, 0.15) is 0 Å². The normalized spacial score (nSPS) is 18.4. The molecule has 1 aliphatic rings. The van der Waals surface area contributed by atoms with Crippen LogP contribution in [0.25, 0.3) is 0 Å². The fourth-order valence-corrected chi connectivity index (χ4v) is 2.48. The molecule has 16 heavy (non-hydrogen) atoms. The minimum absolute atomic E-state index is 0.681. The summed E-state index contributed by atoms with van der Waals surface area (Å²) in [5, 5.41) is 7.66. The van der Waals surface area contributed by atoms with Crippen molar-refractivity contribution < 1.29 is 0 Å². The maximum Gasteiger partial charge on any atom is 0.0492 e. The lowest BCUT2D eigenvalue weighted by Gasteiger charge is -2.29. The van der Waals surface area contributed by atoms with E-state index in [2.05, 4.69) is 23.5 Å². The van der Waals surface area contributed by atoms with Crippen LogP contribution in [0, 0.1) is 5.92 Å². The zero-order valence-corrected chi connectivity index (χ0v) is 10.4. The monoisotopic (exact) mass is 221 g/mol. The number of hydrogen-bond donors (Lipinski definition) is 1. The summed E-state index contributed by atoms with van der Waals surface area (Å²) >= 11 is 0. The lowest BCUT2D eigenvalue weighted by Crippen LogP contribution is -2.30. The van der Waals surface area contributed by atoms with Crippen molar-refractivity contribution in [3.05, 3.63) is 18.0 Å². The van der Waals surface area contributed by atoms with Crippen molar-refractivity contribution in [2.24, 2.45) is 13.0 Å². The summed E-state index contributed by atoms with van der Waals surface area (Å²) in [6.07, 6.45) is 9.95. The van der Waals surface area contributed by atoms with Crippen LogP contribution in [0.3, 0.4) is 0 Å². The first-order valence-electron chi connectivity index (χ1n) is 6.43. The van der Waals surface area contributed by atoms with Gasteiger partial charge in [-0.25, -0.2) is 0 Å². The Morgan fingerprint density at radius 1 is 1.56 bits per heavy atom. The maximum absolute atomic E-state index is 4.20. The van der Waals surface area contributed by atoms with E-state index in [9.17, 15) is 0 Å². The molecule has 1 fully saturated rings. The molecule has 0 aliphatic heterocycles. The molecular formula is C13H23N3. The Hall–Kier alpha value is -0.830. The molecule has 1 aromatic rings. The smallest absolute Gasteiger partial charge is 0.0492 e. The van der Waals surface area contributed by atoms with E-state index in [1.165, 1.54) is 37.8 Å². The molecule has 0 radical (unpaired) electrons. The van der Waals surface area contributed by atoms with E-state index in [4.69, 9.17) is 0 Å². The average Bonchev–Trinajstić information content (AvgIpc) is 2.62. The molecule has 1 atom stereocenters. The van der Waals surface area contributed by atoms with E-state index in [0.717, 1.165) is 12.3 Å². The van der Waals surface area contributed by atoms with E-state index in [1.54, 1.807) is 0 Å². The third kappa shape index (κ3) is 2.85. The average molecular weight is 221 g/mol. The largest absolute Gasteiger partial charge is 0.317 e. The molecule has 0 aromatic carbocycles. The van der Waals surface area contributed by atoms with Crippen LogP contribution in [-0.2, 0) is 13.5 Å². The molecule has 0 spiro atoms. The maximum atomic E-state index is 4.20. The second-order valence-electron chi connectivity index (χ2n) is 5.00. The van der Waals surface area contributed by atoms with Gasteiger partial charge in [0.15, 0.2) is 0 Å². The highest BCUT2D eigenvalue weighted by atomic mass is 15.2. The third-order valence-corrected chi connectivity index (χ3v) is 3.92. The second kappa shape index (κ2) is 5.48. The molecule has 1 heterocycles. The van der Waals surface area contributed by atoms with Gasteiger partial charge in [-0.3, -0.25) is 4.68 Å². The van der Waals surface area contributed by atoms with E-state index >= 15 is 0 Å². The van der Waals surface area contributed by atoms with Gasteiger partial charge in [-0.2, -0.15) is 5.10 Å². The van der Waals surface area contributed by atoms with Gasteiger partial charge in [0, 0.05) is 25.0 Å². The second-order valence-corrected chi connectivity index (χ2v) is 5.00. The predicted octanol–water partition coefficient (Wildman–Crippen LogP) is 2.13. The molecule has 1 aromatic heterocycles. The van der Waals surface area contributed by atoms with Crippen molar-refractivity contribution in [1.29, 1.82) is 0 Å². The SMILES string of the molecule is CNC(CCc1ccnn1C)CC1CCC1. The Morgan fingerprint density at radius 3 is 2.88 bits per heavy atom. The minimum atomic E-state index is 0.681. The molecule has 1 saturated carbocycles. The molecule has 3 heteroatoms. The number of nitrogens with zero attached hydrogens (tertiary/aromatic N) is 2. The van der Waals surface area contributed by atoms with Gasteiger partial charge in [0.2, 0.25) is 0 Å². The van der Waals surface area contributed by atoms with E-state index in [-0.39, 0.29) is 0 Å². The molecule has 0 amide bonds. The van der Waals surface area contributed by atoms with Gasteiger partial charge >= 0.3 is 0 Å². The molecule has 1 N–H and O–H groups in total. The zero-order valence-electron chi connectivity index (χ0n) is 10.4. The summed E-state index contributed by atoms with van der Waals surface area (Å²) in [5.74, 6) is 0.990. The number of hydrogen-bond acceptors (Lipinski definition) is 2. The quantitative estimate of drug-likeness (QED) is 0.797. The minimum Gasteiger partial charge on any atom is -0.317 e. The van der Waals surface area contributed by atoms with Crippen LogP contribution < -0.4 is 5.32 Å². The highest BCUT2D eigenvalue weighted by Gasteiger charge is 2.21. The van der Waals surface area contributed by atoms with Crippen molar-refractivity contribution >= 4 is 0 Å².